The van der Waals surface area contributed by atoms with Crippen LogP contribution in [0.5, 0.6) is 0 Å². The van der Waals surface area contributed by atoms with Crippen molar-refractivity contribution in [2.75, 3.05) is 7.11 Å². The molecule has 1 aliphatic rings. The molecule has 3 unspecified atom stereocenters. The van der Waals surface area contributed by atoms with E-state index in [4.69, 9.17) is 5.73 Å². The van der Waals surface area contributed by atoms with E-state index in [0.29, 0.717) is 19.3 Å². The zero-order valence-electron chi connectivity index (χ0n) is 12.0. The molecule has 0 aromatic rings. The fourth-order valence-corrected chi connectivity index (χ4v) is 4.58. The lowest BCUT2D eigenvalue weighted by Gasteiger charge is -2.23. The van der Waals surface area contributed by atoms with E-state index in [0.717, 1.165) is 0 Å². The Kier molecular flexibility index (Phi) is 5.52. The highest BCUT2D eigenvalue weighted by Crippen LogP contribution is 2.32. The molecule has 3 N–H and O–H groups in total. The molecule has 20 heavy (non-hydrogen) atoms. The molecule has 0 radical (unpaired) electrons. The number of ether oxygens (including phenoxy) is 1. The molecule has 0 heterocycles. The Labute approximate surface area is 119 Å². The summed E-state index contributed by atoms with van der Waals surface area (Å²) in [5, 5.41) is -0.865. The van der Waals surface area contributed by atoms with E-state index in [-0.39, 0.29) is 5.92 Å². The molecule has 0 aromatic carbocycles. The van der Waals surface area contributed by atoms with Crippen molar-refractivity contribution >= 4 is 21.9 Å². The third-order valence-corrected chi connectivity index (χ3v) is 5.56. The van der Waals surface area contributed by atoms with Crippen LogP contribution in [-0.4, -0.2) is 38.7 Å². The maximum absolute atomic E-state index is 12.4. The van der Waals surface area contributed by atoms with E-state index in [9.17, 15) is 18.0 Å². The van der Waals surface area contributed by atoms with Gasteiger partial charge in [0.25, 0.3) is 0 Å². The van der Waals surface area contributed by atoms with Crippen LogP contribution < -0.4 is 10.5 Å². The molecule has 0 saturated heterocycles. The van der Waals surface area contributed by atoms with Gasteiger partial charge in [-0.15, -0.1) is 0 Å². The van der Waals surface area contributed by atoms with E-state index in [1.54, 1.807) is 13.8 Å². The highest BCUT2D eigenvalue weighted by atomic mass is 32.2. The normalized spacial score (nSPS) is 24.6. The fourth-order valence-electron chi connectivity index (χ4n) is 2.51. The number of methoxy groups -OCH3 is 1. The molecule has 0 aromatic heterocycles. The number of rotatable bonds is 6. The minimum absolute atomic E-state index is 0.264. The molecular weight excluding hydrogens is 284 g/mol. The first-order valence-corrected chi connectivity index (χ1v) is 8.13. The highest BCUT2D eigenvalue weighted by molar-refractivity contribution is 7.90. The first-order valence-electron chi connectivity index (χ1n) is 6.59. The van der Waals surface area contributed by atoms with Gasteiger partial charge in [-0.25, -0.2) is 13.1 Å². The molecule has 0 bridgehead atoms. The van der Waals surface area contributed by atoms with Crippen molar-refractivity contribution in [1.82, 2.24) is 4.72 Å². The molecule has 3 atom stereocenters. The molecule has 116 valence electrons. The molecule has 1 rings (SSSR count). The summed E-state index contributed by atoms with van der Waals surface area (Å²) < 4.78 is 31.7. The smallest absolute Gasteiger partial charge is 0.310 e. The van der Waals surface area contributed by atoms with Gasteiger partial charge in [0.2, 0.25) is 15.9 Å². The number of primary amides is 1. The van der Waals surface area contributed by atoms with Crippen LogP contribution in [0.25, 0.3) is 0 Å². The Morgan fingerprint density at radius 1 is 1.30 bits per heavy atom. The molecule has 0 spiro atoms. The summed E-state index contributed by atoms with van der Waals surface area (Å²) in [4.78, 5) is 22.9. The van der Waals surface area contributed by atoms with Gasteiger partial charge >= 0.3 is 5.97 Å². The van der Waals surface area contributed by atoms with Gasteiger partial charge in [0.05, 0.1) is 18.3 Å². The third-order valence-electron chi connectivity index (χ3n) is 3.62. The number of sulfonamides is 1. The Hall–Kier alpha value is -1.15. The van der Waals surface area contributed by atoms with E-state index in [2.05, 4.69) is 9.46 Å². The number of nitrogens with one attached hydrogen (secondary N) is 1. The van der Waals surface area contributed by atoms with Crippen LogP contribution in [0.4, 0.5) is 0 Å². The van der Waals surface area contributed by atoms with E-state index >= 15 is 0 Å². The monoisotopic (exact) mass is 306 g/mol. The van der Waals surface area contributed by atoms with E-state index in [1.165, 1.54) is 7.11 Å². The van der Waals surface area contributed by atoms with Crippen molar-refractivity contribution in [2.24, 2.45) is 17.6 Å². The second-order valence-electron chi connectivity index (χ2n) is 5.39. The molecular formula is C12H22N2O5S. The third kappa shape index (κ3) is 3.69. The molecule has 1 aliphatic carbocycles. The number of nitrogens with two attached hydrogens (primary N) is 1. The van der Waals surface area contributed by atoms with Crippen LogP contribution in [0.1, 0.15) is 33.1 Å². The van der Waals surface area contributed by atoms with Gasteiger partial charge in [-0.05, 0) is 18.8 Å². The zero-order chi connectivity index (χ0) is 15.5. The van der Waals surface area contributed by atoms with Gasteiger partial charge in [0.1, 0.15) is 6.04 Å². The minimum atomic E-state index is -3.81. The molecule has 7 nitrogen and oxygen atoms in total. The first-order chi connectivity index (χ1) is 9.20. The predicted octanol–water partition coefficient (Wildman–Crippen LogP) is -0.243. The summed E-state index contributed by atoms with van der Waals surface area (Å²) in [6.45, 7) is 3.40. The summed E-state index contributed by atoms with van der Waals surface area (Å²) in [5.41, 5.74) is 5.21. The van der Waals surface area contributed by atoms with Crippen molar-refractivity contribution in [1.29, 1.82) is 0 Å². The Bertz CT molecular complexity index is 474. The van der Waals surface area contributed by atoms with E-state index in [1.807, 2.05) is 0 Å². The number of hydrogen-bond acceptors (Lipinski definition) is 5. The van der Waals surface area contributed by atoms with E-state index < -0.39 is 39.1 Å². The molecule has 0 aliphatic heterocycles. The van der Waals surface area contributed by atoms with Gasteiger partial charge in [-0.1, -0.05) is 20.3 Å². The maximum Gasteiger partial charge on any atom is 0.310 e. The summed E-state index contributed by atoms with van der Waals surface area (Å²) >= 11 is 0. The standard InChI is InChI=1S/C12H22N2O5S/c1-7(2)10(11(13)15)14-20(17,18)9-6-4-5-8(9)12(16)19-3/h7-10,14H,4-6H2,1-3H3,(H2,13,15). The van der Waals surface area contributed by atoms with Crippen LogP contribution in [-0.2, 0) is 24.3 Å². The Morgan fingerprint density at radius 2 is 1.90 bits per heavy atom. The van der Waals surface area contributed by atoms with Crippen molar-refractivity contribution in [3.8, 4) is 0 Å². The molecule has 1 amide bonds. The highest BCUT2D eigenvalue weighted by Gasteiger charge is 2.43. The maximum atomic E-state index is 12.4. The number of amides is 1. The number of carbonyl (C=O) groups excluding carboxylic acids is 2. The number of esters is 1. The van der Waals surface area contributed by atoms with Crippen LogP contribution in [0.15, 0.2) is 0 Å². The molecule has 1 fully saturated rings. The van der Waals surface area contributed by atoms with Gasteiger partial charge in [-0.3, -0.25) is 9.59 Å². The quantitative estimate of drug-likeness (QED) is 0.657. The van der Waals surface area contributed by atoms with Gasteiger partial charge in [0.15, 0.2) is 0 Å². The Morgan fingerprint density at radius 3 is 2.35 bits per heavy atom. The predicted molar refractivity (Wildman–Crippen MR) is 73.0 cm³/mol. The van der Waals surface area contributed by atoms with Gasteiger partial charge in [-0.2, -0.15) is 0 Å². The van der Waals surface area contributed by atoms with Gasteiger partial charge in [0, 0.05) is 0 Å². The van der Waals surface area contributed by atoms with Crippen molar-refractivity contribution < 1.29 is 22.7 Å². The van der Waals surface area contributed by atoms with Crippen molar-refractivity contribution in [3.05, 3.63) is 0 Å². The average molecular weight is 306 g/mol. The lowest BCUT2D eigenvalue weighted by Crippen LogP contribution is -2.51. The summed E-state index contributed by atoms with van der Waals surface area (Å²) in [5.74, 6) is -2.20. The summed E-state index contributed by atoms with van der Waals surface area (Å²) in [7, 11) is -2.57. The van der Waals surface area contributed by atoms with Crippen molar-refractivity contribution in [3.63, 3.8) is 0 Å². The van der Waals surface area contributed by atoms with Crippen LogP contribution in [0, 0.1) is 11.8 Å². The number of hydrogen-bond donors (Lipinski definition) is 2. The SMILES string of the molecule is COC(=O)C1CCCC1S(=O)(=O)NC(C(N)=O)C(C)C. The molecule has 8 heteroatoms. The topological polar surface area (TPSA) is 116 Å². The second kappa shape index (κ2) is 6.53. The van der Waals surface area contributed by atoms with Crippen molar-refractivity contribution in [2.45, 2.75) is 44.4 Å². The minimum Gasteiger partial charge on any atom is -0.469 e. The first kappa shape index (κ1) is 16.9. The van der Waals surface area contributed by atoms with Crippen LogP contribution >= 0.6 is 0 Å². The second-order valence-corrected chi connectivity index (χ2v) is 7.32. The molecule has 1 saturated carbocycles. The summed E-state index contributed by atoms with van der Waals surface area (Å²) in [6.07, 6.45) is 1.48. The Balaban J connectivity index is 2.92. The lowest BCUT2D eigenvalue weighted by atomic mass is 10.1. The zero-order valence-corrected chi connectivity index (χ0v) is 12.8. The average Bonchev–Trinajstić information content (AvgIpc) is 2.84. The fraction of sp³-hybridized carbons (Fsp3) is 0.833. The van der Waals surface area contributed by atoms with Crippen LogP contribution in [0.3, 0.4) is 0 Å². The largest absolute Gasteiger partial charge is 0.469 e. The lowest BCUT2D eigenvalue weighted by molar-refractivity contribution is -0.145. The van der Waals surface area contributed by atoms with Gasteiger partial charge < -0.3 is 10.5 Å². The number of carbonyl (C=O) groups is 2. The summed E-state index contributed by atoms with van der Waals surface area (Å²) in [6, 6.07) is -0.973. The van der Waals surface area contributed by atoms with Crippen LogP contribution in [0.2, 0.25) is 0 Å².